The lowest BCUT2D eigenvalue weighted by Crippen LogP contribution is -2.35. The van der Waals surface area contributed by atoms with Gasteiger partial charge < -0.3 is 15.5 Å². The molecule has 2 N–H and O–H groups in total. The number of anilines is 2. The molecule has 1 aliphatic rings. The van der Waals surface area contributed by atoms with Crippen molar-refractivity contribution in [1.29, 1.82) is 0 Å². The molecule has 2 heterocycles. The Balaban J connectivity index is 2.11. The largest absolute Gasteiger partial charge is 0.357 e. The first-order valence-electron chi connectivity index (χ1n) is 6.13. The third-order valence-electron chi connectivity index (χ3n) is 3.06. The average Bonchev–Trinajstić information content (AvgIpc) is 2.77. The fourth-order valence-corrected chi connectivity index (χ4v) is 2.23. The Labute approximate surface area is 107 Å². The van der Waals surface area contributed by atoms with E-state index in [0.717, 1.165) is 30.9 Å². The first-order valence-corrected chi connectivity index (χ1v) is 6.13. The van der Waals surface area contributed by atoms with Crippen LogP contribution in [0.15, 0.2) is 6.20 Å². The monoisotopic (exact) mass is 249 g/mol. The topological polar surface area (TPSA) is 70.2 Å². The Morgan fingerprint density at radius 1 is 1.56 bits per heavy atom. The van der Waals surface area contributed by atoms with E-state index in [1.54, 1.807) is 14.0 Å². The Morgan fingerprint density at radius 2 is 2.33 bits per heavy atom. The zero-order valence-electron chi connectivity index (χ0n) is 11.0. The maximum atomic E-state index is 11.0. The van der Waals surface area contributed by atoms with E-state index in [-0.39, 0.29) is 11.9 Å². The van der Waals surface area contributed by atoms with Crippen molar-refractivity contribution in [1.82, 2.24) is 15.3 Å². The zero-order chi connectivity index (χ0) is 13.1. The van der Waals surface area contributed by atoms with E-state index in [0.29, 0.717) is 5.95 Å². The van der Waals surface area contributed by atoms with Gasteiger partial charge in [0.25, 0.3) is 0 Å². The van der Waals surface area contributed by atoms with Crippen molar-refractivity contribution >= 4 is 17.7 Å². The second kappa shape index (κ2) is 5.20. The van der Waals surface area contributed by atoms with E-state index in [2.05, 4.69) is 25.5 Å². The molecule has 1 fully saturated rings. The maximum absolute atomic E-state index is 11.0. The molecular weight excluding hydrogens is 230 g/mol. The quantitative estimate of drug-likeness (QED) is 0.818. The third kappa shape index (κ3) is 2.69. The summed E-state index contributed by atoms with van der Waals surface area (Å²) in [6, 6.07) is 0.218. The van der Waals surface area contributed by atoms with E-state index in [1.165, 1.54) is 0 Å². The lowest BCUT2D eigenvalue weighted by molar-refractivity contribution is -0.119. The molecule has 1 aliphatic heterocycles. The van der Waals surface area contributed by atoms with Gasteiger partial charge in [-0.15, -0.1) is 0 Å². The molecule has 1 saturated heterocycles. The van der Waals surface area contributed by atoms with Crippen LogP contribution in [0.2, 0.25) is 0 Å². The van der Waals surface area contributed by atoms with E-state index < -0.39 is 0 Å². The van der Waals surface area contributed by atoms with Gasteiger partial charge in [0.1, 0.15) is 5.82 Å². The first-order chi connectivity index (χ1) is 8.60. The fourth-order valence-electron chi connectivity index (χ4n) is 2.23. The van der Waals surface area contributed by atoms with Crippen LogP contribution in [0.5, 0.6) is 0 Å². The molecular formula is C12H19N5O. The summed E-state index contributed by atoms with van der Waals surface area (Å²) in [6.45, 7) is 5.27. The summed E-state index contributed by atoms with van der Waals surface area (Å²) in [4.78, 5) is 21.9. The van der Waals surface area contributed by atoms with Crippen LogP contribution >= 0.6 is 0 Å². The van der Waals surface area contributed by atoms with Crippen molar-refractivity contribution < 1.29 is 4.79 Å². The second-order valence-electron chi connectivity index (χ2n) is 4.58. The molecule has 18 heavy (non-hydrogen) atoms. The van der Waals surface area contributed by atoms with Gasteiger partial charge >= 0.3 is 0 Å². The SMILES string of the molecule is CNc1ncc(C)c(N2CCC(NC(C)=O)C2)n1. The Kier molecular flexibility index (Phi) is 3.64. The molecule has 0 bridgehead atoms. The van der Waals surface area contributed by atoms with Gasteiger partial charge in [-0.25, -0.2) is 4.98 Å². The van der Waals surface area contributed by atoms with Gasteiger partial charge in [-0.05, 0) is 13.3 Å². The van der Waals surface area contributed by atoms with Crippen LogP contribution < -0.4 is 15.5 Å². The highest BCUT2D eigenvalue weighted by Crippen LogP contribution is 2.22. The highest BCUT2D eigenvalue weighted by molar-refractivity contribution is 5.73. The van der Waals surface area contributed by atoms with Gasteiger partial charge in [0, 0.05) is 44.9 Å². The highest BCUT2D eigenvalue weighted by Gasteiger charge is 2.25. The number of hydrogen-bond donors (Lipinski definition) is 2. The summed E-state index contributed by atoms with van der Waals surface area (Å²) < 4.78 is 0. The maximum Gasteiger partial charge on any atom is 0.224 e. The van der Waals surface area contributed by atoms with Crippen molar-refractivity contribution in [3.8, 4) is 0 Å². The van der Waals surface area contributed by atoms with Crippen LogP contribution in [0.4, 0.5) is 11.8 Å². The van der Waals surface area contributed by atoms with Gasteiger partial charge in [0.05, 0.1) is 0 Å². The van der Waals surface area contributed by atoms with Gasteiger partial charge in [0.15, 0.2) is 0 Å². The minimum absolute atomic E-state index is 0.0252. The predicted octanol–water partition coefficient (Wildman–Crippen LogP) is 0.542. The Morgan fingerprint density at radius 3 is 3.00 bits per heavy atom. The van der Waals surface area contributed by atoms with Gasteiger partial charge in [-0.2, -0.15) is 4.98 Å². The number of hydrogen-bond acceptors (Lipinski definition) is 5. The second-order valence-corrected chi connectivity index (χ2v) is 4.58. The van der Waals surface area contributed by atoms with E-state index >= 15 is 0 Å². The van der Waals surface area contributed by atoms with Crippen LogP contribution in [0.25, 0.3) is 0 Å². The van der Waals surface area contributed by atoms with Crippen LogP contribution in [0.1, 0.15) is 18.9 Å². The van der Waals surface area contributed by atoms with Crippen LogP contribution in [-0.4, -0.2) is 42.1 Å². The molecule has 1 aromatic heterocycles. The van der Waals surface area contributed by atoms with E-state index in [9.17, 15) is 4.79 Å². The van der Waals surface area contributed by atoms with Crippen LogP contribution in [0.3, 0.4) is 0 Å². The number of aryl methyl sites for hydroxylation is 1. The zero-order valence-corrected chi connectivity index (χ0v) is 11.0. The standard InChI is InChI=1S/C12H19N5O/c1-8-6-14-12(13-3)16-11(8)17-5-4-10(7-17)15-9(2)18/h6,10H,4-5,7H2,1-3H3,(H,15,18)(H,13,14,16). The molecule has 1 aromatic rings. The van der Waals surface area contributed by atoms with Gasteiger partial charge in [-0.1, -0.05) is 0 Å². The molecule has 6 heteroatoms. The van der Waals surface area contributed by atoms with Crippen molar-refractivity contribution in [3.05, 3.63) is 11.8 Å². The van der Waals surface area contributed by atoms with Crippen LogP contribution in [-0.2, 0) is 4.79 Å². The van der Waals surface area contributed by atoms with Crippen molar-refractivity contribution in [3.63, 3.8) is 0 Å². The summed E-state index contributed by atoms with van der Waals surface area (Å²) in [7, 11) is 1.80. The average molecular weight is 249 g/mol. The van der Waals surface area contributed by atoms with Gasteiger partial charge in [0.2, 0.25) is 11.9 Å². The summed E-state index contributed by atoms with van der Waals surface area (Å²) >= 11 is 0. The predicted molar refractivity (Wildman–Crippen MR) is 70.8 cm³/mol. The van der Waals surface area contributed by atoms with Crippen molar-refractivity contribution in [2.24, 2.45) is 0 Å². The molecule has 6 nitrogen and oxygen atoms in total. The Bertz CT molecular complexity index is 448. The number of nitrogens with zero attached hydrogens (tertiary/aromatic N) is 3. The number of carbonyl (C=O) groups is 1. The molecule has 1 amide bonds. The molecule has 1 unspecified atom stereocenters. The van der Waals surface area contributed by atoms with E-state index in [4.69, 9.17) is 0 Å². The minimum atomic E-state index is 0.0252. The van der Waals surface area contributed by atoms with Crippen molar-refractivity contribution in [2.45, 2.75) is 26.3 Å². The lowest BCUT2D eigenvalue weighted by atomic mass is 10.2. The number of rotatable bonds is 3. The molecule has 98 valence electrons. The van der Waals surface area contributed by atoms with Gasteiger partial charge in [-0.3, -0.25) is 4.79 Å². The highest BCUT2D eigenvalue weighted by atomic mass is 16.1. The molecule has 1 atom stereocenters. The molecule has 2 rings (SSSR count). The normalized spacial score (nSPS) is 18.8. The summed E-state index contributed by atoms with van der Waals surface area (Å²) in [5.41, 5.74) is 1.05. The fraction of sp³-hybridized carbons (Fsp3) is 0.583. The minimum Gasteiger partial charge on any atom is -0.357 e. The molecule has 0 aromatic carbocycles. The summed E-state index contributed by atoms with van der Waals surface area (Å²) in [6.07, 6.45) is 2.78. The summed E-state index contributed by atoms with van der Waals surface area (Å²) in [5, 5.41) is 5.89. The van der Waals surface area contributed by atoms with Crippen molar-refractivity contribution in [2.75, 3.05) is 30.4 Å². The lowest BCUT2D eigenvalue weighted by Gasteiger charge is -2.20. The van der Waals surface area contributed by atoms with Crippen LogP contribution in [0, 0.1) is 6.92 Å². The number of amides is 1. The number of carbonyl (C=O) groups excluding carboxylic acids is 1. The smallest absolute Gasteiger partial charge is 0.224 e. The molecule has 0 radical (unpaired) electrons. The molecule has 0 spiro atoms. The number of nitrogens with one attached hydrogen (secondary N) is 2. The van der Waals surface area contributed by atoms with E-state index in [1.807, 2.05) is 13.1 Å². The molecule has 0 saturated carbocycles. The Hall–Kier alpha value is -1.85. The third-order valence-corrected chi connectivity index (χ3v) is 3.06. The summed E-state index contributed by atoms with van der Waals surface area (Å²) in [5.74, 6) is 1.60. The first kappa shape index (κ1) is 12.6. The number of aromatic nitrogens is 2. The molecule has 0 aliphatic carbocycles.